The third-order valence-corrected chi connectivity index (χ3v) is 5.73. The first kappa shape index (κ1) is 18.1. The Labute approximate surface area is 169 Å². The second kappa shape index (κ2) is 7.44. The van der Waals surface area contributed by atoms with Crippen molar-refractivity contribution in [2.45, 2.75) is 25.3 Å². The summed E-state index contributed by atoms with van der Waals surface area (Å²) >= 11 is 0. The number of imidazole rings is 1. The number of benzene rings is 2. The second-order valence-electron chi connectivity index (χ2n) is 7.87. The molecule has 1 fully saturated rings. The van der Waals surface area contributed by atoms with Gasteiger partial charge in [0, 0.05) is 43.4 Å². The molecule has 2 aromatic heterocycles. The SMILES string of the molecule is Cn1cc(CN2CCC[C@@H](c3nc4ccccc4[nH]3)C2)c(-c2ccccc2F)n1. The normalized spacial score (nSPS) is 17.8. The predicted molar refractivity (Wildman–Crippen MR) is 112 cm³/mol. The Bertz CT molecular complexity index is 1110. The van der Waals surface area contributed by atoms with Crippen molar-refractivity contribution in [2.24, 2.45) is 7.05 Å². The first-order valence-corrected chi connectivity index (χ1v) is 10.1. The van der Waals surface area contributed by atoms with Crippen molar-refractivity contribution >= 4 is 11.0 Å². The minimum Gasteiger partial charge on any atom is -0.342 e. The molecule has 1 saturated heterocycles. The molecule has 0 saturated carbocycles. The van der Waals surface area contributed by atoms with Crippen LogP contribution in [0.1, 0.15) is 30.1 Å². The molecule has 0 radical (unpaired) electrons. The summed E-state index contributed by atoms with van der Waals surface area (Å²) in [6.07, 6.45) is 4.26. The third-order valence-electron chi connectivity index (χ3n) is 5.73. The van der Waals surface area contributed by atoms with Crippen LogP contribution in [-0.4, -0.2) is 37.7 Å². The summed E-state index contributed by atoms with van der Waals surface area (Å²) in [4.78, 5) is 10.7. The average molecular weight is 389 g/mol. The summed E-state index contributed by atoms with van der Waals surface area (Å²) in [5.41, 5.74) is 4.47. The van der Waals surface area contributed by atoms with Crippen LogP contribution >= 0.6 is 0 Å². The lowest BCUT2D eigenvalue weighted by Gasteiger charge is -2.31. The van der Waals surface area contributed by atoms with Gasteiger partial charge in [0.2, 0.25) is 0 Å². The van der Waals surface area contributed by atoms with Gasteiger partial charge in [-0.2, -0.15) is 5.10 Å². The van der Waals surface area contributed by atoms with Gasteiger partial charge < -0.3 is 4.98 Å². The number of H-pyrrole nitrogens is 1. The molecule has 2 aromatic carbocycles. The number of aryl methyl sites for hydroxylation is 1. The number of aromatic nitrogens is 4. The van der Waals surface area contributed by atoms with Crippen molar-refractivity contribution < 1.29 is 4.39 Å². The molecule has 5 nitrogen and oxygen atoms in total. The van der Waals surface area contributed by atoms with E-state index >= 15 is 0 Å². The van der Waals surface area contributed by atoms with Gasteiger partial charge in [-0.15, -0.1) is 0 Å². The van der Waals surface area contributed by atoms with Crippen molar-refractivity contribution in [3.8, 4) is 11.3 Å². The van der Waals surface area contributed by atoms with E-state index in [1.165, 1.54) is 6.07 Å². The topological polar surface area (TPSA) is 49.7 Å². The summed E-state index contributed by atoms with van der Waals surface area (Å²) in [5.74, 6) is 1.22. The number of rotatable bonds is 4. The van der Waals surface area contributed by atoms with Crippen LogP contribution in [-0.2, 0) is 13.6 Å². The van der Waals surface area contributed by atoms with Crippen LogP contribution in [0.4, 0.5) is 4.39 Å². The van der Waals surface area contributed by atoms with Gasteiger partial charge in [0.05, 0.1) is 16.7 Å². The van der Waals surface area contributed by atoms with Gasteiger partial charge in [0.25, 0.3) is 0 Å². The van der Waals surface area contributed by atoms with Gasteiger partial charge >= 0.3 is 0 Å². The smallest absolute Gasteiger partial charge is 0.132 e. The fourth-order valence-corrected chi connectivity index (χ4v) is 4.36. The maximum absolute atomic E-state index is 14.4. The molecule has 3 heterocycles. The van der Waals surface area contributed by atoms with E-state index in [2.05, 4.69) is 21.0 Å². The Kier molecular flexibility index (Phi) is 4.64. The van der Waals surface area contributed by atoms with Gasteiger partial charge in [-0.25, -0.2) is 9.37 Å². The Morgan fingerprint density at radius 3 is 2.83 bits per heavy atom. The Balaban J connectivity index is 1.38. The lowest BCUT2D eigenvalue weighted by atomic mass is 9.96. The Hall–Kier alpha value is -2.99. The number of hydrogen-bond acceptors (Lipinski definition) is 3. The molecule has 0 aliphatic carbocycles. The quantitative estimate of drug-likeness (QED) is 0.560. The predicted octanol–water partition coefficient (Wildman–Crippen LogP) is 4.48. The molecule has 0 unspecified atom stereocenters. The highest BCUT2D eigenvalue weighted by molar-refractivity contribution is 5.74. The van der Waals surface area contributed by atoms with Gasteiger partial charge in [-0.3, -0.25) is 9.58 Å². The van der Waals surface area contributed by atoms with Crippen LogP contribution in [0.15, 0.2) is 54.7 Å². The minimum absolute atomic E-state index is 0.230. The van der Waals surface area contributed by atoms with E-state index in [1.54, 1.807) is 16.8 Å². The fourth-order valence-electron chi connectivity index (χ4n) is 4.36. The van der Waals surface area contributed by atoms with E-state index in [1.807, 2.05) is 37.5 Å². The number of nitrogens with one attached hydrogen (secondary N) is 1. The maximum Gasteiger partial charge on any atom is 0.132 e. The highest BCUT2D eigenvalue weighted by atomic mass is 19.1. The van der Waals surface area contributed by atoms with Gasteiger partial charge in [-0.05, 0) is 43.7 Å². The highest BCUT2D eigenvalue weighted by Gasteiger charge is 2.25. The van der Waals surface area contributed by atoms with Crippen LogP contribution in [0.2, 0.25) is 0 Å². The summed E-state index contributed by atoms with van der Waals surface area (Å²) in [5, 5.41) is 4.54. The zero-order valence-electron chi connectivity index (χ0n) is 16.5. The minimum atomic E-state index is -0.230. The number of hydrogen-bond donors (Lipinski definition) is 1. The van der Waals surface area contributed by atoms with Crippen molar-refractivity contribution in [3.05, 3.63) is 71.9 Å². The molecule has 1 atom stereocenters. The Morgan fingerprint density at radius 1 is 1.14 bits per heavy atom. The second-order valence-corrected chi connectivity index (χ2v) is 7.87. The third kappa shape index (κ3) is 3.56. The number of fused-ring (bicyclic) bond motifs is 1. The van der Waals surface area contributed by atoms with Crippen LogP contribution in [0.25, 0.3) is 22.3 Å². The van der Waals surface area contributed by atoms with E-state index < -0.39 is 0 Å². The first-order valence-electron chi connectivity index (χ1n) is 10.1. The van der Waals surface area contributed by atoms with Crippen LogP contribution < -0.4 is 0 Å². The lowest BCUT2D eigenvalue weighted by Crippen LogP contribution is -2.34. The zero-order chi connectivity index (χ0) is 19.8. The molecule has 0 spiro atoms. The summed E-state index contributed by atoms with van der Waals surface area (Å²) in [6.45, 7) is 2.72. The van der Waals surface area contributed by atoms with Crippen molar-refractivity contribution in [1.82, 2.24) is 24.6 Å². The average Bonchev–Trinajstić information content (AvgIpc) is 3.32. The standard InChI is InChI=1S/C23H24FN5/c1-28-13-17(22(27-28)18-8-2-3-9-19(18)24)15-29-12-6-7-16(14-29)23-25-20-10-4-5-11-21(20)26-23/h2-5,8-11,13,16H,6-7,12,14-15H2,1H3,(H,25,26)/t16-/m1/s1. The van der Waals surface area contributed by atoms with Gasteiger partial charge in [0.1, 0.15) is 11.6 Å². The van der Waals surface area contributed by atoms with Gasteiger partial charge in [-0.1, -0.05) is 24.3 Å². The fraction of sp³-hybridized carbons (Fsp3) is 0.304. The molecule has 0 amide bonds. The number of nitrogens with zero attached hydrogens (tertiary/aromatic N) is 4. The summed E-state index contributed by atoms with van der Waals surface area (Å²) in [6, 6.07) is 15.0. The number of likely N-dealkylation sites (tertiary alicyclic amines) is 1. The molecule has 29 heavy (non-hydrogen) atoms. The van der Waals surface area contributed by atoms with E-state index in [9.17, 15) is 4.39 Å². The van der Waals surface area contributed by atoms with E-state index in [0.29, 0.717) is 11.5 Å². The molecule has 5 rings (SSSR count). The maximum atomic E-state index is 14.4. The molecule has 6 heteroatoms. The molecule has 1 N–H and O–H groups in total. The zero-order valence-corrected chi connectivity index (χ0v) is 16.5. The van der Waals surface area contributed by atoms with Crippen molar-refractivity contribution in [1.29, 1.82) is 0 Å². The Morgan fingerprint density at radius 2 is 1.97 bits per heavy atom. The molecular weight excluding hydrogens is 365 g/mol. The number of aromatic amines is 1. The van der Waals surface area contributed by atoms with Crippen molar-refractivity contribution in [2.75, 3.05) is 13.1 Å². The molecule has 1 aliphatic heterocycles. The molecular formula is C23H24FN5. The molecule has 4 aromatic rings. The van der Waals surface area contributed by atoms with Crippen LogP contribution in [0.5, 0.6) is 0 Å². The first-order chi connectivity index (χ1) is 14.2. The van der Waals surface area contributed by atoms with Crippen LogP contribution in [0, 0.1) is 5.82 Å². The number of halogens is 1. The summed E-state index contributed by atoms with van der Waals surface area (Å²) < 4.78 is 16.1. The highest BCUT2D eigenvalue weighted by Crippen LogP contribution is 2.30. The molecule has 0 bridgehead atoms. The number of piperidine rings is 1. The molecule has 1 aliphatic rings. The lowest BCUT2D eigenvalue weighted by molar-refractivity contribution is 0.197. The van der Waals surface area contributed by atoms with Gasteiger partial charge in [0.15, 0.2) is 0 Å². The van der Waals surface area contributed by atoms with Crippen LogP contribution in [0.3, 0.4) is 0 Å². The summed E-state index contributed by atoms with van der Waals surface area (Å²) in [7, 11) is 1.89. The monoisotopic (exact) mass is 389 g/mol. The molecule has 148 valence electrons. The largest absolute Gasteiger partial charge is 0.342 e. The van der Waals surface area contributed by atoms with E-state index in [4.69, 9.17) is 4.98 Å². The van der Waals surface area contributed by atoms with E-state index in [-0.39, 0.29) is 5.82 Å². The van der Waals surface area contributed by atoms with Crippen molar-refractivity contribution in [3.63, 3.8) is 0 Å². The van der Waals surface area contributed by atoms with E-state index in [0.717, 1.165) is 60.6 Å². The number of para-hydroxylation sites is 2.